The number of nitrogens with zero attached hydrogens (tertiary/aromatic N) is 3. The molecule has 1 aromatic heterocycles. The molecule has 0 aliphatic carbocycles. The van der Waals surface area contributed by atoms with Gasteiger partial charge in [0, 0.05) is 25.7 Å². The van der Waals surface area contributed by atoms with E-state index in [9.17, 15) is 13.2 Å². The minimum Gasteiger partial charge on any atom is -0.478 e. The first kappa shape index (κ1) is 14.1. The van der Waals surface area contributed by atoms with Gasteiger partial charge in [-0.05, 0) is 6.92 Å². The van der Waals surface area contributed by atoms with Crippen LogP contribution in [0, 0.1) is 18.3 Å². The highest BCUT2D eigenvalue weighted by Crippen LogP contribution is 2.19. The van der Waals surface area contributed by atoms with Crippen LogP contribution in [-0.2, 0) is 10.0 Å². The van der Waals surface area contributed by atoms with Gasteiger partial charge in [-0.25, -0.2) is 13.2 Å². The van der Waals surface area contributed by atoms with Crippen molar-refractivity contribution in [3.63, 3.8) is 0 Å². The number of aromatic nitrogens is 2. The van der Waals surface area contributed by atoms with Gasteiger partial charge in [0.05, 0.1) is 6.07 Å². The van der Waals surface area contributed by atoms with Crippen LogP contribution in [0.2, 0.25) is 0 Å². The molecule has 0 saturated heterocycles. The third-order valence-corrected chi connectivity index (χ3v) is 4.11. The normalized spacial score (nSPS) is 11.4. The second-order valence-corrected chi connectivity index (χ2v) is 5.53. The Kier molecular flexibility index (Phi) is 4.05. The van der Waals surface area contributed by atoms with E-state index < -0.39 is 21.0 Å². The molecule has 1 heterocycles. The quantitative estimate of drug-likeness (QED) is 0.773. The van der Waals surface area contributed by atoms with E-state index in [0.29, 0.717) is 0 Å². The topological polar surface area (TPSA) is 127 Å². The van der Waals surface area contributed by atoms with Crippen LogP contribution in [0.15, 0.2) is 5.03 Å². The van der Waals surface area contributed by atoms with Crippen molar-refractivity contribution < 1.29 is 18.3 Å². The predicted octanol–water partition coefficient (Wildman–Crippen LogP) is -0.0495. The zero-order valence-electron chi connectivity index (χ0n) is 9.84. The van der Waals surface area contributed by atoms with Crippen LogP contribution in [0.3, 0.4) is 0 Å². The summed E-state index contributed by atoms with van der Waals surface area (Å²) in [5, 5.41) is 22.7. The summed E-state index contributed by atoms with van der Waals surface area (Å²) in [7, 11) is -2.74. The Morgan fingerprint density at radius 1 is 1.61 bits per heavy atom. The highest BCUT2D eigenvalue weighted by Gasteiger charge is 2.31. The lowest BCUT2D eigenvalue weighted by atomic mass is 10.3. The number of sulfonamides is 1. The molecule has 0 aliphatic rings. The molecule has 0 radical (unpaired) electrons. The van der Waals surface area contributed by atoms with Gasteiger partial charge < -0.3 is 5.11 Å². The Balaban J connectivity index is 3.22. The number of carbonyl (C=O) groups is 1. The number of aromatic amines is 1. The summed E-state index contributed by atoms with van der Waals surface area (Å²) in [6, 6.07) is 1.81. The van der Waals surface area contributed by atoms with Gasteiger partial charge in [-0.2, -0.15) is 14.7 Å². The molecule has 18 heavy (non-hydrogen) atoms. The second-order valence-electron chi connectivity index (χ2n) is 3.57. The van der Waals surface area contributed by atoms with Gasteiger partial charge in [-0.3, -0.25) is 5.10 Å². The van der Waals surface area contributed by atoms with Crippen molar-refractivity contribution in [1.29, 1.82) is 5.26 Å². The van der Waals surface area contributed by atoms with Crippen LogP contribution < -0.4 is 0 Å². The Labute approximate surface area is 104 Å². The number of H-pyrrole nitrogens is 1. The Morgan fingerprint density at radius 2 is 2.22 bits per heavy atom. The molecule has 0 atom stereocenters. The van der Waals surface area contributed by atoms with E-state index in [0.717, 1.165) is 4.31 Å². The summed E-state index contributed by atoms with van der Waals surface area (Å²) < 4.78 is 25.0. The van der Waals surface area contributed by atoms with Crippen LogP contribution in [-0.4, -0.2) is 47.6 Å². The summed E-state index contributed by atoms with van der Waals surface area (Å²) in [5.74, 6) is -1.37. The predicted molar refractivity (Wildman–Crippen MR) is 60.3 cm³/mol. The van der Waals surface area contributed by atoms with Gasteiger partial charge in [0.15, 0.2) is 0 Å². The highest BCUT2D eigenvalue weighted by molar-refractivity contribution is 7.89. The molecule has 0 aliphatic heterocycles. The fourth-order valence-electron chi connectivity index (χ4n) is 1.32. The molecule has 0 bridgehead atoms. The first-order chi connectivity index (χ1) is 8.32. The van der Waals surface area contributed by atoms with E-state index in [4.69, 9.17) is 10.4 Å². The minimum atomic E-state index is -4.01. The molecule has 0 spiro atoms. The fourth-order valence-corrected chi connectivity index (χ4v) is 2.61. The number of aryl methyl sites for hydroxylation is 1. The summed E-state index contributed by atoms with van der Waals surface area (Å²) in [4.78, 5) is 11.0. The van der Waals surface area contributed by atoms with Crippen molar-refractivity contribution in [2.75, 3.05) is 13.6 Å². The minimum absolute atomic E-state index is 0.0154. The monoisotopic (exact) mass is 272 g/mol. The van der Waals surface area contributed by atoms with E-state index >= 15 is 0 Å². The number of rotatable bonds is 5. The zero-order valence-corrected chi connectivity index (χ0v) is 10.7. The molecule has 8 nitrogen and oxygen atoms in total. The lowest BCUT2D eigenvalue weighted by Crippen LogP contribution is -2.29. The number of hydrogen-bond acceptors (Lipinski definition) is 5. The van der Waals surface area contributed by atoms with Crippen molar-refractivity contribution in [2.24, 2.45) is 0 Å². The lowest BCUT2D eigenvalue weighted by Gasteiger charge is -2.14. The fraction of sp³-hybridized carbons (Fsp3) is 0.444. The van der Waals surface area contributed by atoms with Crippen LogP contribution in [0.1, 0.15) is 22.5 Å². The lowest BCUT2D eigenvalue weighted by molar-refractivity contribution is 0.0691. The van der Waals surface area contributed by atoms with Crippen molar-refractivity contribution in [3.05, 3.63) is 11.3 Å². The summed E-state index contributed by atoms with van der Waals surface area (Å²) in [5.41, 5.74) is -0.214. The maximum atomic E-state index is 12.0. The van der Waals surface area contributed by atoms with Crippen molar-refractivity contribution >= 4 is 16.0 Å². The number of carboxylic acids is 1. The molecular weight excluding hydrogens is 260 g/mol. The smallest absolute Gasteiger partial charge is 0.340 e. The van der Waals surface area contributed by atoms with E-state index in [-0.39, 0.29) is 24.2 Å². The Hall–Kier alpha value is -1.92. The van der Waals surface area contributed by atoms with Gasteiger partial charge in [-0.15, -0.1) is 0 Å². The standard InChI is InChI=1S/C9H12N4O4S/c1-6-7(9(14)15)8(12-11-6)18(16,17)13(2)5-3-4-10/h3,5H2,1-2H3,(H,11,12)(H,14,15). The summed E-state index contributed by atoms with van der Waals surface area (Å²) in [6.07, 6.45) is 0.0154. The molecule has 0 amide bonds. The third kappa shape index (κ3) is 2.49. The molecular formula is C9H12N4O4S. The molecule has 0 fully saturated rings. The van der Waals surface area contributed by atoms with Gasteiger partial charge in [0.2, 0.25) is 5.03 Å². The Bertz CT molecular complexity index is 599. The van der Waals surface area contributed by atoms with Crippen molar-refractivity contribution in [1.82, 2.24) is 14.5 Å². The summed E-state index contributed by atoms with van der Waals surface area (Å²) in [6.45, 7) is 1.40. The van der Waals surface area contributed by atoms with E-state index in [1.165, 1.54) is 14.0 Å². The third-order valence-electron chi connectivity index (χ3n) is 2.32. The van der Waals surface area contributed by atoms with Crippen LogP contribution in [0.4, 0.5) is 0 Å². The Morgan fingerprint density at radius 3 is 2.72 bits per heavy atom. The molecule has 98 valence electrons. The van der Waals surface area contributed by atoms with Gasteiger partial charge in [0.25, 0.3) is 10.0 Å². The van der Waals surface area contributed by atoms with Crippen molar-refractivity contribution in [2.45, 2.75) is 18.4 Å². The van der Waals surface area contributed by atoms with E-state index in [2.05, 4.69) is 10.2 Å². The average Bonchev–Trinajstić information content (AvgIpc) is 2.68. The molecule has 9 heteroatoms. The molecule has 0 aromatic carbocycles. The SMILES string of the molecule is Cc1[nH]nc(S(=O)(=O)N(C)CCC#N)c1C(=O)O. The van der Waals surface area contributed by atoms with Gasteiger partial charge >= 0.3 is 5.97 Å². The summed E-state index contributed by atoms with van der Waals surface area (Å²) >= 11 is 0. The van der Waals surface area contributed by atoms with Crippen molar-refractivity contribution in [3.8, 4) is 6.07 Å². The molecule has 2 N–H and O–H groups in total. The van der Waals surface area contributed by atoms with E-state index in [1.807, 2.05) is 6.07 Å². The number of hydrogen-bond donors (Lipinski definition) is 2. The molecule has 1 rings (SSSR count). The molecule has 1 aromatic rings. The first-order valence-electron chi connectivity index (χ1n) is 4.94. The number of nitrogens with one attached hydrogen (secondary N) is 1. The first-order valence-corrected chi connectivity index (χ1v) is 6.38. The maximum Gasteiger partial charge on any atom is 0.340 e. The molecule has 0 unspecified atom stereocenters. The second kappa shape index (κ2) is 5.16. The van der Waals surface area contributed by atoms with Crippen LogP contribution in [0.25, 0.3) is 0 Å². The van der Waals surface area contributed by atoms with Crippen LogP contribution in [0.5, 0.6) is 0 Å². The van der Waals surface area contributed by atoms with Crippen LogP contribution >= 0.6 is 0 Å². The highest BCUT2D eigenvalue weighted by atomic mass is 32.2. The van der Waals surface area contributed by atoms with Gasteiger partial charge in [0.1, 0.15) is 5.56 Å². The zero-order chi connectivity index (χ0) is 13.9. The molecule has 0 saturated carbocycles. The van der Waals surface area contributed by atoms with E-state index in [1.54, 1.807) is 0 Å². The average molecular weight is 272 g/mol. The largest absolute Gasteiger partial charge is 0.478 e. The maximum absolute atomic E-state index is 12.0. The number of nitriles is 1. The number of carboxylic acid groups (broad SMARTS) is 1. The number of aromatic carboxylic acids is 1. The van der Waals surface area contributed by atoms with Gasteiger partial charge in [-0.1, -0.05) is 0 Å².